The van der Waals surface area contributed by atoms with Gasteiger partial charge in [0.1, 0.15) is 5.82 Å². The van der Waals surface area contributed by atoms with E-state index in [0.29, 0.717) is 5.82 Å². The number of nitrogens with zero attached hydrogens (tertiary/aromatic N) is 2. The van der Waals surface area contributed by atoms with E-state index < -0.39 is 5.97 Å². The van der Waals surface area contributed by atoms with Crippen LogP contribution in [0.3, 0.4) is 0 Å². The zero-order chi connectivity index (χ0) is 13.0. The molecule has 0 saturated heterocycles. The highest BCUT2D eigenvalue weighted by Gasteiger charge is 2.26. The number of anilines is 1. The second-order valence-corrected chi connectivity index (χ2v) is 4.40. The Labute approximate surface area is 105 Å². The molecule has 1 heterocycles. The molecule has 2 rings (SSSR count). The second kappa shape index (κ2) is 5.77. The summed E-state index contributed by atoms with van der Waals surface area (Å²) in [6.45, 7) is 0.186. The zero-order valence-electron chi connectivity index (χ0n) is 10.3. The average molecular weight is 251 g/mol. The first-order chi connectivity index (χ1) is 8.74. The quantitative estimate of drug-likeness (QED) is 0.771. The van der Waals surface area contributed by atoms with Crippen LogP contribution >= 0.6 is 0 Å². The smallest absolute Gasteiger partial charge is 0.358 e. The van der Waals surface area contributed by atoms with Crippen molar-refractivity contribution in [1.82, 2.24) is 9.97 Å². The van der Waals surface area contributed by atoms with Gasteiger partial charge in [0.05, 0.1) is 19.5 Å². The van der Waals surface area contributed by atoms with Gasteiger partial charge >= 0.3 is 5.97 Å². The molecule has 1 aromatic rings. The molecule has 6 heteroatoms. The van der Waals surface area contributed by atoms with Gasteiger partial charge in [-0.15, -0.1) is 0 Å². The highest BCUT2D eigenvalue weighted by molar-refractivity contribution is 5.86. The van der Waals surface area contributed by atoms with Crippen molar-refractivity contribution >= 4 is 11.8 Å². The maximum Gasteiger partial charge on any atom is 0.358 e. The van der Waals surface area contributed by atoms with Crippen molar-refractivity contribution in [2.45, 2.75) is 25.3 Å². The number of aliphatic hydroxyl groups excluding tert-OH is 1. The molecule has 1 fully saturated rings. The van der Waals surface area contributed by atoms with Gasteiger partial charge in [-0.05, 0) is 12.8 Å². The lowest BCUT2D eigenvalue weighted by Crippen LogP contribution is -2.26. The Bertz CT molecular complexity index is 408. The minimum Gasteiger partial charge on any atom is -0.464 e. The van der Waals surface area contributed by atoms with Gasteiger partial charge in [-0.25, -0.2) is 14.8 Å². The SMILES string of the molecule is COC(=O)c1cnc(NC2CCCC2CO)cn1. The van der Waals surface area contributed by atoms with E-state index in [1.807, 2.05) is 0 Å². The average Bonchev–Trinajstić information content (AvgIpc) is 2.86. The lowest BCUT2D eigenvalue weighted by Gasteiger charge is -2.19. The third kappa shape index (κ3) is 2.76. The first kappa shape index (κ1) is 12.8. The number of hydrogen-bond acceptors (Lipinski definition) is 6. The summed E-state index contributed by atoms with van der Waals surface area (Å²) in [6.07, 6.45) is 6.06. The molecule has 2 unspecified atom stereocenters. The molecule has 1 aliphatic rings. The molecule has 0 aliphatic heterocycles. The molecular formula is C12H17N3O3. The van der Waals surface area contributed by atoms with Crippen LogP contribution in [-0.4, -0.2) is 40.8 Å². The number of hydrogen-bond donors (Lipinski definition) is 2. The largest absolute Gasteiger partial charge is 0.464 e. The van der Waals surface area contributed by atoms with Crippen molar-refractivity contribution in [3.05, 3.63) is 18.1 Å². The first-order valence-electron chi connectivity index (χ1n) is 6.02. The summed E-state index contributed by atoms with van der Waals surface area (Å²) in [5.74, 6) is 0.392. The van der Waals surface area contributed by atoms with Gasteiger partial charge in [-0.1, -0.05) is 6.42 Å². The molecule has 1 saturated carbocycles. The molecule has 0 spiro atoms. The van der Waals surface area contributed by atoms with E-state index in [1.54, 1.807) is 0 Å². The van der Waals surface area contributed by atoms with E-state index in [1.165, 1.54) is 19.5 Å². The van der Waals surface area contributed by atoms with Crippen molar-refractivity contribution in [2.75, 3.05) is 19.0 Å². The van der Waals surface area contributed by atoms with Crippen molar-refractivity contribution in [3.8, 4) is 0 Å². The molecule has 6 nitrogen and oxygen atoms in total. The molecule has 18 heavy (non-hydrogen) atoms. The number of aromatic nitrogens is 2. The van der Waals surface area contributed by atoms with Crippen LogP contribution in [0, 0.1) is 5.92 Å². The standard InChI is InChI=1S/C12H17N3O3/c1-18-12(17)10-5-14-11(6-13-10)15-9-4-2-3-8(9)7-16/h5-6,8-9,16H,2-4,7H2,1H3,(H,14,15). The second-order valence-electron chi connectivity index (χ2n) is 4.40. The van der Waals surface area contributed by atoms with Crippen LogP contribution in [0.2, 0.25) is 0 Å². The number of methoxy groups -OCH3 is 1. The van der Waals surface area contributed by atoms with Crippen LogP contribution in [0.4, 0.5) is 5.82 Å². The van der Waals surface area contributed by atoms with Crippen LogP contribution in [0.25, 0.3) is 0 Å². The molecule has 2 N–H and O–H groups in total. The molecule has 1 aromatic heterocycles. The van der Waals surface area contributed by atoms with E-state index >= 15 is 0 Å². The Morgan fingerprint density at radius 3 is 2.94 bits per heavy atom. The fourth-order valence-corrected chi connectivity index (χ4v) is 2.25. The van der Waals surface area contributed by atoms with Crippen molar-refractivity contribution < 1.29 is 14.6 Å². The maximum absolute atomic E-state index is 11.2. The van der Waals surface area contributed by atoms with Crippen molar-refractivity contribution in [1.29, 1.82) is 0 Å². The highest BCUT2D eigenvalue weighted by atomic mass is 16.5. The van der Waals surface area contributed by atoms with E-state index in [4.69, 9.17) is 0 Å². The summed E-state index contributed by atoms with van der Waals surface area (Å²) in [4.78, 5) is 19.3. The summed E-state index contributed by atoms with van der Waals surface area (Å²) in [5.41, 5.74) is 0.188. The number of carbonyl (C=O) groups excluding carboxylic acids is 1. The molecule has 0 amide bonds. The van der Waals surface area contributed by atoms with E-state index in [9.17, 15) is 9.90 Å². The third-order valence-electron chi connectivity index (χ3n) is 3.27. The van der Waals surface area contributed by atoms with Gasteiger partial charge in [0, 0.05) is 18.6 Å². The van der Waals surface area contributed by atoms with Crippen LogP contribution in [-0.2, 0) is 4.74 Å². The molecule has 0 radical (unpaired) electrons. The Morgan fingerprint density at radius 2 is 2.33 bits per heavy atom. The van der Waals surface area contributed by atoms with Crippen LogP contribution in [0.1, 0.15) is 29.8 Å². The Hall–Kier alpha value is -1.69. The molecular weight excluding hydrogens is 234 g/mol. The lowest BCUT2D eigenvalue weighted by molar-refractivity contribution is 0.0593. The zero-order valence-corrected chi connectivity index (χ0v) is 10.3. The number of esters is 1. The first-order valence-corrected chi connectivity index (χ1v) is 6.02. The van der Waals surface area contributed by atoms with Gasteiger partial charge in [0.25, 0.3) is 0 Å². The predicted molar refractivity (Wildman–Crippen MR) is 65.2 cm³/mol. The number of carbonyl (C=O) groups is 1. The summed E-state index contributed by atoms with van der Waals surface area (Å²) in [5, 5.41) is 12.5. The van der Waals surface area contributed by atoms with Crippen molar-refractivity contribution in [3.63, 3.8) is 0 Å². The van der Waals surface area contributed by atoms with Gasteiger partial charge in [-0.3, -0.25) is 0 Å². The van der Waals surface area contributed by atoms with Gasteiger partial charge < -0.3 is 15.2 Å². The monoisotopic (exact) mass is 251 g/mol. The Morgan fingerprint density at radius 1 is 1.50 bits per heavy atom. The summed E-state index contributed by atoms with van der Waals surface area (Å²) >= 11 is 0. The Kier molecular flexibility index (Phi) is 4.09. The maximum atomic E-state index is 11.2. The lowest BCUT2D eigenvalue weighted by atomic mass is 10.1. The van der Waals surface area contributed by atoms with Gasteiger partial charge in [0.2, 0.25) is 0 Å². The molecule has 2 atom stereocenters. The summed E-state index contributed by atoms with van der Waals surface area (Å²) in [6, 6.07) is 0.230. The summed E-state index contributed by atoms with van der Waals surface area (Å²) in [7, 11) is 1.31. The third-order valence-corrected chi connectivity index (χ3v) is 3.27. The van der Waals surface area contributed by atoms with E-state index in [0.717, 1.165) is 19.3 Å². The van der Waals surface area contributed by atoms with Gasteiger partial charge in [0.15, 0.2) is 5.69 Å². The number of aliphatic hydroxyl groups is 1. The minimum atomic E-state index is -0.497. The topological polar surface area (TPSA) is 84.3 Å². The number of nitrogens with one attached hydrogen (secondary N) is 1. The highest BCUT2D eigenvalue weighted by Crippen LogP contribution is 2.27. The van der Waals surface area contributed by atoms with Crippen LogP contribution in [0.15, 0.2) is 12.4 Å². The van der Waals surface area contributed by atoms with Crippen LogP contribution in [0.5, 0.6) is 0 Å². The molecule has 0 aromatic carbocycles. The minimum absolute atomic E-state index is 0.186. The van der Waals surface area contributed by atoms with Gasteiger partial charge in [-0.2, -0.15) is 0 Å². The number of rotatable bonds is 4. The number of ether oxygens (including phenoxy) is 1. The normalized spacial score (nSPS) is 22.8. The molecule has 98 valence electrons. The predicted octanol–water partition coefficient (Wildman–Crippen LogP) is 0.836. The Balaban J connectivity index is 2.00. The molecule has 0 bridgehead atoms. The van der Waals surface area contributed by atoms with Crippen LogP contribution < -0.4 is 5.32 Å². The van der Waals surface area contributed by atoms with E-state index in [-0.39, 0.29) is 24.3 Å². The van der Waals surface area contributed by atoms with E-state index in [2.05, 4.69) is 20.0 Å². The fourth-order valence-electron chi connectivity index (χ4n) is 2.25. The molecule has 1 aliphatic carbocycles. The van der Waals surface area contributed by atoms with Crippen molar-refractivity contribution in [2.24, 2.45) is 5.92 Å². The fraction of sp³-hybridized carbons (Fsp3) is 0.583. The summed E-state index contributed by atoms with van der Waals surface area (Å²) < 4.78 is 4.55.